The highest BCUT2D eigenvalue weighted by molar-refractivity contribution is 9.10. The first kappa shape index (κ1) is 12.2. The van der Waals surface area contributed by atoms with Gasteiger partial charge in [-0.15, -0.1) is 0 Å². The van der Waals surface area contributed by atoms with Crippen molar-refractivity contribution in [1.29, 1.82) is 0 Å². The summed E-state index contributed by atoms with van der Waals surface area (Å²) >= 11 is 3.34. The third-order valence-corrected chi connectivity index (χ3v) is 2.76. The van der Waals surface area contributed by atoms with E-state index in [4.69, 9.17) is 4.74 Å². The van der Waals surface area contributed by atoms with Gasteiger partial charge in [-0.3, -0.25) is 0 Å². The van der Waals surface area contributed by atoms with Crippen molar-refractivity contribution < 1.29 is 9.53 Å². The number of unbranched alkanes of at least 4 members (excludes halogenated alkanes) is 1. The molecule has 2 nitrogen and oxygen atoms in total. The van der Waals surface area contributed by atoms with Crippen molar-refractivity contribution in [2.45, 2.75) is 26.7 Å². The number of hydrogen-bond donors (Lipinski definition) is 0. The molecule has 0 saturated heterocycles. The standard InChI is InChI=1S/C12H15BrO2/c1-3-4-7-15-12(14)10-8-9(2)5-6-11(10)13/h5-6,8H,3-4,7H2,1-2H3. The molecule has 0 radical (unpaired) electrons. The van der Waals surface area contributed by atoms with Crippen LogP contribution in [0.4, 0.5) is 0 Å². The molecule has 0 saturated carbocycles. The van der Waals surface area contributed by atoms with Crippen molar-refractivity contribution in [3.63, 3.8) is 0 Å². The van der Waals surface area contributed by atoms with Crippen LogP contribution in [0.3, 0.4) is 0 Å². The first-order valence-electron chi connectivity index (χ1n) is 5.08. The second kappa shape index (κ2) is 5.91. The molecule has 0 fully saturated rings. The van der Waals surface area contributed by atoms with E-state index in [1.54, 1.807) is 0 Å². The van der Waals surface area contributed by atoms with Gasteiger partial charge in [0.1, 0.15) is 0 Å². The lowest BCUT2D eigenvalue weighted by Gasteiger charge is -2.06. The zero-order chi connectivity index (χ0) is 11.3. The molecule has 0 amide bonds. The van der Waals surface area contributed by atoms with Gasteiger partial charge in [0.2, 0.25) is 0 Å². The molecule has 0 bridgehead atoms. The number of carbonyl (C=O) groups is 1. The third kappa shape index (κ3) is 3.67. The van der Waals surface area contributed by atoms with Crippen molar-refractivity contribution in [3.05, 3.63) is 33.8 Å². The number of halogens is 1. The average molecular weight is 271 g/mol. The molecule has 1 aromatic rings. The minimum Gasteiger partial charge on any atom is -0.462 e. The van der Waals surface area contributed by atoms with Crippen molar-refractivity contribution in [2.75, 3.05) is 6.61 Å². The van der Waals surface area contributed by atoms with Crippen LogP contribution in [0.25, 0.3) is 0 Å². The molecule has 3 heteroatoms. The maximum atomic E-state index is 11.6. The van der Waals surface area contributed by atoms with Crippen LogP contribution in [0, 0.1) is 6.92 Å². The summed E-state index contributed by atoms with van der Waals surface area (Å²) in [6.45, 7) is 4.52. The first-order valence-corrected chi connectivity index (χ1v) is 5.87. The Bertz CT molecular complexity index is 347. The number of ether oxygens (including phenoxy) is 1. The normalized spacial score (nSPS) is 10.1. The molecule has 0 spiro atoms. The summed E-state index contributed by atoms with van der Waals surface area (Å²) in [6, 6.07) is 5.65. The van der Waals surface area contributed by atoms with E-state index >= 15 is 0 Å². The fourth-order valence-corrected chi connectivity index (χ4v) is 1.59. The van der Waals surface area contributed by atoms with Crippen molar-refractivity contribution in [1.82, 2.24) is 0 Å². The topological polar surface area (TPSA) is 26.3 Å². The summed E-state index contributed by atoms with van der Waals surface area (Å²) in [5, 5.41) is 0. The van der Waals surface area contributed by atoms with E-state index in [9.17, 15) is 4.79 Å². The van der Waals surface area contributed by atoms with Gasteiger partial charge in [0, 0.05) is 4.47 Å². The minimum absolute atomic E-state index is 0.251. The number of benzene rings is 1. The number of rotatable bonds is 4. The lowest BCUT2D eigenvalue weighted by atomic mass is 10.1. The zero-order valence-corrected chi connectivity index (χ0v) is 10.6. The Morgan fingerprint density at radius 3 is 2.87 bits per heavy atom. The van der Waals surface area contributed by atoms with Gasteiger partial charge in [0.05, 0.1) is 12.2 Å². The highest BCUT2D eigenvalue weighted by atomic mass is 79.9. The van der Waals surface area contributed by atoms with Crippen molar-refractivity contribution in [3.8, 4) is 0 Å². The number of esters is 1. The zero-order valence-electron chi connectivity index (χ0n) is 9.05. The molecule has 0 N–H and O–H groups in total. The third-order valence-electron chi connectivity index (χ3n) is 2.07. The summed E-state index contributed by atoms with van der Waals surface area (Å²) in [5.41, 5.74) is 1.66. The van der Waals surface area contributed by atoms with Gasteiger partial charge < -0.3 is 4.74 Å². The Labute approximate surface area is 98.8 Å². The molecule has 0 unspecified atom stereocenters. The van der Waals surface area contributed by atoms with Gasteiger partial charge in [0.25, 0.3) is 0 Å². The Hall–Kier alpha value is -0.830. The largest absolute Gasteiger partial charge is 0.462 e. The van der Waals surface area contributed by atoms with Crippen LogP contribution in [0.5, 0.6) is 0 Å². The van der Waals surface area contributed by atoms with Crippen LogP contribution in [-0.4, -0.2) is 12.6 Å². The number of hydrogen-bond acceptors (Lipinski definition) is 2. The Kier molecular flexibility index (Phi) is 4.82. The van der Waals surface area contributed by atoms with Crippen LogP contribution in [0.2, 0.25) is 0 Å². The Morgan fingerprint density at radius 2 is 2.20 bits per heavy atom. The smallest absolute Gasteiger partial charge is 0.339 e. The van der Waals surface area contributed by atoms with E-state index in [1.165, 1.54) is 0 Å². The van der Waals surface area contributed by atoms with Crippen LogP contribution in [0.1, 0.15) is 35.7 Å². The summed E-state index contributed by atoms with van der Waals surface area (Å²) < 4.78 is 5.92. The van der Waals surface area contributed by atoms with Crippen LogP contribution >= 0.6 is 15.9 Å². The molecule has 15 heavy (non-hydrogen) atoms. The minimum atomic E-state index is -0.251. The van der Waals surface area contributed by atoms with Gasteiger partial charge >= 0.3 is 5.97 Å². The van der Waals surface area contributed by atoms with Crippen molar-refractivity contribution >= 4 is 21.9 Å². The monoisotopic (exact) mass is 270 g/mol. The Balaban J connectivity index is 2.68. The van der Waals surface area contributed by atoms with Crippen LogP contribution in [-0.2, 0) is 4.74 Å². The predicted octanol–water partition coefficient (Wildman–Crippen LogP) is 3.71. The predicted molar refractivity (Wildman–Crippen MR) is 64.1 cm³/mol. The SMILES string of the molecule is CCCCOC(=O)c1cc(C)ccc1Br. The van der Waals surface area contributed by atoms with Gasteiger partial charge in [-0.2, -0.15) is 0 Å². The van der Waals surface area contributed by atoms with Crippen molar-refractivity contribution in [2.24, 2.45) is 0 Å². The quantitative estimate of drug-likeness (QED) is 0.616. The lowest BCUT2D eigenvalue weighted by molar-refractivity contribution is 0.0498. The van der Waals surface area contributed by atoms with E-state index in [0.717, 1.165) is 22.9 Å². The summed E-state index contributed by atoms with van der Waals surface area (Å²) in [4.78, 5) is 11.6. The number of aryl methyl sites for hydroxylation is 1. The van der Waals surface area contributed by atoms with E-state index < -0.39 is 0 Å². The molecule has 0 atom stereocenters. The number of carbonyl (C=O) groups excluding carboxylic acids is 1. The molecule has 1 aromatic carbocycles. The molecular weight excluding hydrogens is 256 g/mol. The fourth-order valence-electron chi connectivity index (χ4n) is 1.18. The molecular formula is C12H15BrO2. The molecule has 1 rings (SSSR count). The second-order valence-corrected chi connectivity index (χ2v) is 4.33. The van der Waals surface area contributed by atoms with E-state index in [2.05, 4.69) is 22.9 Å². The maximum Gasteiger partial charge on any atom is 0.339 e. The Morgan fingerprint density at radius 1 is 1.47 bits per heavy atom. The molecule has 82 valence electrons. The summed E-state index contributed by atoms with van der Waals surface area (Å²) in [6.07, 6.45) is 1.94. The molecule has 0 aliphatic rings. The highest BCUT2D eigenvalue weighted by Crippen LogP contribution is 2.19. The summed E-state index contributed by atoms with van der Waals surface area (Å²) in [7, 11) is 0. The van der Waals surface area contributed by atoms with Gasteiger partial charge in [-0.05, 0) is 41.4 Å². The molecule has 0 heterocycles. The highest BCUT2D eigenvalue weighted by Gasteiger charge is 2.10. The second-order valence-electron chi connectivity index (χ2n) is 3.47. The molecule has 0 aliphatic carbocycles. The fraction of sp³-hybridized carbons (Fsp3) is 0.417. The maximum absolute atomic E-state index is 11.6. The van der Waals surface area contributed by atoms with Gasteiger partial charge in [-0.25, -0.2) is 4.79 Å². The van der Waals surface area contributed by atoms with E-state index in [1.807, 2.05) is 25.1 Å². The molecule has 0 aromatic heterocycles. The van der Waals surface area contributed by atoms with Crippen LogP contribution in [0.15, 0.2) is 22.7 Å². The van der Waals surface area contributed by atoms with E-state index in [-0.39, 0.29) is 5.97 Å². The lowest BCUT2D eigenvalue weighted by Crippen LogP contribution is -2.07. The first-order chi connectivity index (χ1) is 7.15. The molecule has 0 aliphatic heterocycles. The van der Waals surface area contributed by atoms with Crippen LogP contribution < -0.4 is 0 Å². The van der Waals surface area contributed by atoms with Gasteiger partial charge in [0.15, 0.2) is 0 Å². The van der Waals surface area contributed by atoms with E-state index in [0.29, 0.717) is 12.2 Å². The van der Waals surface area contributed by atoms with Gasteiger partial charge in [-0.1, -0.05) is 25.0 Å². The average Bonchev–Trinajstić information content (AvgIpc) is 2.22. The summed E-state index contributed by atoms with van der Waals surface area (Å²) in [5.74, 6) is -0.251.